The fourth-order valence-corrected chi connectivity index (χ4v) is 3.56. The summed E-state index contributed by atoms with van der Waals surface area (Å²) in [5.41, 5.74) is 6.79. The Labute approximate surface area is 152 Å². The van der Waals surface area contributed by atoms with Gasteiger partial charge in [-0.1, -0.05) is 35.9 Å². The Kier molecular flexibility index (Phi) is 3.76. The van der Waals surface area contributed by atoms with Gasteiger partial charge in [-0.2, -0.15) is 0 Å². The van der Waals surface area contributed by atoms with Gasteiger partial charge in [0.05, 0.1) is 5.39 Å². The summed E-state index contributed by atoms with van der Waals surface area (Å²) in [4.78, 5) is 4.90. The van der Waals surface area contributed by atoms with Crippen LogP contribution in [-0.2, 0) is 0 Å². The monoisotopic (exact) mass is 342 g/mol. The Morgan fingerprint density at radius 1 is 0.769 bits per heavy atom. The Bertz CT molecular complexity index is 1160. The maximum absolute atomic E-state index is 8.89. The number of hydrogen-bond acceptors (Lipinski definition) is 2. The van der Waals surface area contributed by atoms with Crippen LogP contribution in [0.3, 0.4) is 0 Å². The van der Waals surface area contributed by atoms with Gasteiger partial charge in [0.25, 0.3) is 0 Å². The molecule has 0 saturated carbocycles. The van der Waals surface area contributed by atoms with Gasteiger partial charge in [0.15, 0.2) is 5.65 Å². The lowest BCUT2D eigenvalue weighted by atomic mass is 10.2. The first-order chi connectivity index (χ1) is 12.5. The Hall–Kier alpha value is -3.14. The van der Waals surface area contributed by atoms with E-state index < -0.39 is 0 Å². The highest BCUT2D eigenvalue weighted by Crippen LogP contribution is 2.26. The molecule has 0 radical (unpaired) electrons. The van der Waals surface area contributed by atoms with Crippen LogP contribution in [0.15, 0.2) is 54.6 Å². The molecule has 0 aliphatic heterocycles. The maximum Gasteiger partial charge on any atom is 0.150 e. The molecule has 0 aliphatic rings. The van der Waals surface area contributed by atoms with Crippen LogP contribution in [-0.4, -0.2) is 14.1 Å². The minimum atomic E-state index is 0.478. The van der Waals surface area contributed by atoms with Gasteiger partial charge < -0.3 is 0 Å². The van der Waals surface area contributed by atoms with Gasteiger partial charge in [0.2, 0.25) is 0 Å². The summed E-state index contributed by atoms with van der Waals surface area (Å²) in [6.45, 7) is 8.20. The van der Waals surface area contributed by atoms with Crippen LogP contribution < -0.4 is 5.49 Å². The van der Waals surface area contributed by atoms with Gasteiger partial charge in [-0.25, -0.2) is 4.98 Å². The second-order valence-corrected chi connectivity index (χ2v) is 6.76. The molecule has 2 aromatic heterocycles. The van der Waals surface area contributed by atoms with E-state index in [4.69, 9.17) is 10.4 Å². The third-order valence-corrected chi connectivity index (χ3v) is 5.05. The Balaban J connectivity index is 2.08. The number of benzene rings is 2. The molecule has 26 heavy (non-hydrogen) atoms. The zero-order chi connectivity index (χ0) is 18.4. The minimum Gasteiger partial charge on any atom is -0.298 e. The summed E-state index contributed by atoms with van der Waals surface area (Å²) in [5.74, 6) is 0.807. The standard InChI is InChI=1S/C22H22N4/c1-14-10-12-19(13-11-14)26-17(4)24-22-20(21(26)23)15(2)16(3)25(22)18-8-6-5-7-9-18/h5-13,23H,1-4H3. The SMILES string of the molecule is Cc1ccc(-n2c(C)nc3c(c(C)c(C)n3-c3ccccc3)c2=N)cc1. The molecule has 4 aromatic rings. The molecule has 0 amide bonds. The van der Waals surface area contributed by atoms with Crippen molar-refractivity contribution in [1.29, 1.82) is 5.41 Å². The molecule has 1 N–H and O–H groups in total. The minimum absolute atomic E-state index is 0.478. The topological polar surface area (TPSA) is 46.6 Å². The van der Waals surface area contributed by atoms with E-state index in [-0.39, 0.29) is 0 Å². The van der Waals surface area contributed by atoms with Crippen LogP contribution in [0.1, 0.15) is 22.6 Å². The zero-order valence-corrected chi connectivity index (χ0v) is 15.5. The average Bonchev–Trinajstić information content (AvgIpc) is 2.88. The van der Waals surface area contributed by atoms with Gasteiger partial charge in [-0.3, -0.25) is 14.5 Å². The predicted molar refractivity (Wildman–Crippen MR) is 105 cm³/mol. The van der Waals surface area contributed by atoms with Crippen LogP contribution >= 0.6 is 0 Å². The van der Waals surface area contributed by atoms with Crippen molar-refractivity contribution in [1.82, 2.24) is 14.1 Å². The number of nitrogens with one attached hydrogen (secondary N) is 1. The van der Waals surface area contributed by atoms with Crippen molar-refractivity contribution >= 4 is 11.0 Å². The van der Waals surface area contributed by atoms with Crippen molar-refractivity contribution in [3.8, 4) is 11.4 Å². The van der Waals surface area contributed by atoms with Gasteiger partial charge >= 0.3 is 0 Å². The van der Waals surface area contributed by atoms with Gasteiger partial charge in [0.1, 0.15) is 11.3 Å². The van der Waals surface area contributed by atoms with Crippen molar-refractivity contribution in [3.05, 3.63) is 82.7 Å². The van der Waals surface area contributed by atoms with E-state index in [2.05, 4.69) is 49.6 Å². The van der Waals surface area contributed by atoms with E-state index in [1.165, 1.54) is 5.56 Å². The third-order valence-electron chi connectivity index (χ3n) is 5.05. The summed E-state index contributed by atoms with van der Waals surface area (Å²) < 4.78 is 4.07. The van der Waals surface area contributed by atoms with Crippen LogP contribution in [0, 0.1) is 33.1 Å². The van der Waals surface area contributed by atoms with Gasteiger partial charge in [-0.05, 0) is 57.5 Å². The lowest BCUT2D eigenvalue weighted by molar-refractivity contribution is 0.848. The van der Waals surface area contributed by atoms with Crippen molar-refractivity contribution in [2.45, 2.75) is 27.7 Å². The summed E-state index contributed by atoms with van der Waals surface area (Å²) in [7, 11) is 0. The zero-order valence-electron chi connectivity index (χ0n) is 15.5. The number of aryl methyl sites for hydroxylation is 3. The second-order valence-electron chi connectivity index (χ2n) is 6.76. The van der Waals surface area contributed by atoms with Crippen LogP contribution in [0.2, 0.25) is 0 Å². The van der Waals surface area contributed by atoms with E-state index in [0.29, 0.717) is 5.49 Å². The normalized spacial score (nSPS) is 11.2. The predicted octanol–water partition coefficient (Wildman–Crippen LogP) is 4.53. The molecule has 0 aliphatic carbocycles. The van der Waals surface area contributed by atoms with Crippen molar-refractivity contribution < 1.29 is 0 Å². The highest BCUT2D eigenvalue weighted by molar-refractivity contribution is 5.83. The van der Waals surface area contributed by atoms with Gasteiger partial charge in [0, 0.05) is 17.1 Å². The molecule has 0 fully saturated rings. The molecular weight excluding hydrogens is 320 g/mol. The summed E-state index contributed by atoms with van der Waals surface area (Å²) in [5, 5.41) is 9.79. The molecule has 0 spiro atoms. The molecule has 0 saturated heterocycles. The lowest BCUT2D eigenvalue weighted by Gasteiger charge is -2.13. The highest BCUT2D eigenvalue weighted by atomic mass is 15.1. The van der Waals surface area contributed by atoms with E-state index in [1.807, 2.05) is 41.8 Å². The number of para-hydroxylation sites is 1. The number of hydrogen-bond donors (Lipinski definition) is 1. The molecule has 2 aromatic carbocycles. The number of aromatic nitrogens is 3. The lowest BCUT2D eigenvalue weighted by Crippen LogP contribution is -2.23. The highest BCUT2D eigenvalue weighted by Gasteiger charge is 2.18. The van der Waals surface area contributed by atoms with Crippen molar-refractivity contribution in [2.75, 3.05) is 0 Å². The van der Waals surface area contributed by atoms with E-state index >= 15 is 0 Å². The quantitative estimate of drug-likeness (QED) is 0.571. The fourth-order valence-electron chi connectivity index (χ4n) is 3.56. The first kappa shape index (κ1) is 16.3. The van der Waals surface area contributed by atoms with Gasteiger partial charge in [-0.15, -0.1) is 0 Å². The van der Waals surface area contributed by atoms with E-state index in [0.717, 1.165) is 39.5 Å². The maximum atomic E-state index is 8.89. The molecule has 4 rings (SSSR count). The van der Waals surface area contributed by atoms with Crippen LogP contribution in [0.25, 0.3) is 22.4 Å². The smallest absolute Gasteiger partial charge is 0.150 e. The first-order valence-corrected chi connectivity index (χ1v) is 8.77. The summed E-state index contributed by atoms with van der Waals surface area (Å²) in [6.07, 6.45) is 0. The molecule has 2 heterocycles. The number of nitrogens with zero attached hydrogens (tertiary/aromatic N) is 3. The average molecular weight is 342 g/mol. The summed E-state index contributed by atoms with van der Waals surface area (Å²) >= 11 is 0. The number of rotatable bonds is 2. The van der Waals surface area contributed by atoms with E-state index in [1.54, 1.807) is 0 Å². The van der Waals surface area contributed by atoms with E-state index in [9.17, 15) is 0 Å². The fraction of sp³-hybridized carbons (Fsp3) is 0.182. The molecule has 4 heteroatoms. The largest absolute Gasteiger partial charge is 0.298 e. The molecule has 0 atom stereocenters. The molecule has 0 unspecified atom stereocenters. The Morgan fingerprint density at radius 2 is 1.38 bits per heavy atom. The summed E-state index contributed by atoms with van der Waals surface area (Å²) in [6, 6.07) is 18.4. The number of fused-ring (bicyclic) bond motifs is 1. The molecule has 0 bridgehead atoms. The van der Waals surface area contributed by atoms with Crippen LogP contribution in [0.5, 0.6) is 0 Å². The third kappa shape index (κ3) is 2.37. The first-order valence-electron chi connectivity index (χ1n) is 8.77. The molecule has 130 valence electrons. The van der Waals surface area contributed by atoms with Crippen LogP contribution in [0.4, 0.5) is 0 Å². The Morgan fingerprint density at radius 3 is 2.04 bits per heavy atom. The van der Waals surface area contributed by atoms with Crippen molar-refractivity contribution in [3.63, 3.8) is 0 Å². The van der Waals surface area contributed by atoms with Crippen molar-refractivity contribution in [2.24, 2.45) is 0 Å². The molecular formula is C22H22N4. The second kappa shape index (κ2) is 5.99. The molecule has 4 nitrogen and oxygen atoms in total.